The number of hydrogen-bond donors (Lipinski definition) is 1. The van der Waals surface area contributed by atoms with Crippen LogP contribution in [0, 0.1) is 5.92 Å². The Labute approximate surface area is 114 Å². The van der Waals surface area contributed by atoms with Crippen LogP contribution in [0.1, 0.15) is 52.9 Å². The lowest BCUT2D eigenvalue weighted by molar-refractivity contribution is 0.0465. The molecule has 110 valence electrons. The molecule has 0 rings (SSSR count). The Morgan fingerprint density at radius 2 is 1.50 bits per heavy atom. The number of ether oxygens (including phenoxy) is 2. The maximum atomic E-state index is 5.50. The average molecular weight is 259 g/mol. The molecule has 3 nitrogen and oxygen atoms in total. The van der Waals surface area contributed by atoms with Crippen molar-refractivity contribution in [2.24, 2.45) is 5.92 Å². The van der Waals surface area contributed by atoms with E-state index in [0.29, 0.717) is 0 Å². The van der Waals surface area contributed by atoms with E-state index in [9.17, 15) is 0 Å². The minimum atomic E-state index is 0.743. The van der Waals surface area contributed by atoms with Crippen molar-refractivity contribution < 1.29 is 9.47 Å². The summed E-state index contributed by atoms with van der Waals surface area (Å²) in [5, 5.41) is 3.47. The van der Waals surface area contributed by atoms with E-state index in [-0.39, 0.29) is 0 Å². The third kappa shape index (κ3) is 15.9. The van der Waals surface area contributed by atoms with Gasteiger partial charge >= 0.3 is 0 Å². The highest BCUT2D eigenvalue weighted by atomic mass is 16.5. The van der Waals surface area contributed by atoms with Gasteiger partial charge in [-0.15, -0.1) is 0 Å². The first-order valence-corrected chi connectivity index (χ1v) is 7.63. The summed E-state index contributed by atoms with van der Waals surface area (Å²) >= 11 is 0. The number of hydrogen-bond acceptors (Lipinski definition) is 3. The zero-order chi connectivity index (χ0) is 13.5. The third-order valence-electron chi connectivity index (χ3n) is 2.67. The molecule has 0 unspecified atom stereocenters. The lowest BCUT2D eigenvalue weighted by atomic mass is 10.2. The molecule has 0 aromatic heterocycles. The van der Waals surface area contributed by atoms with Crippen molar-refractivity contribution in [3.8, 4) is 0 Å². The summed E-state index contributed by atoms with van der Waals surface area (Å²) in [5.41, 5.74) is 0. The summed E-state index contributed by atoms with van der Waals surface area (Å²) in [7, 11) is 0. The van der Waals surface area contributed by atoms with Gasteiger partial charge in [0.05, 0.1) is 13.2 Å². The quantitative estimate of drug-likeness (QED) is 0.486. The van der Waals surface area contributed by atoms with Crippen LogP contribution in [0.3, 0.4) is 0 Å². The van der Waals surface area contributed by atoms with Crippen molar-refractivity contribution in [1.29, 1.82) is 0 Å². The largest absolute Gasteiger partial charge is 0.379 e. The molecule has 0 spiro atoms. The van der Waals surface area contributed by atoms with Crippen LogP contribution >= 0.6 is 0 Å². The van der Waals surface area contributed by atoms with Crippen molar-refractivity contribution in [1.82, 2.24) is 5.32 Å². The fourth-order valence-corrected chi connectivity index (χ4v) is 1.66. The molecule has 0 aliphatic rings. The Bertz CT molecular complexity index is 151. The maximum absolute atomic E-state index is 5.50. The molecule has 1 N–H and O–H groups in total. The predicted octanol–water partition coefficient (Wildman–Crippen LogP) is 3.24. The highest BCUT2D eigenvalue weighted by Gasteiger charge is 1.94. The van der Waals surface area contributed by atoms with Crippen molar-refractivity contribution in [3.05, 3.63) is 0 Å². The van der Waals surface area contributed by atoms with Gasteiger partial charge in [-0.05, 0) is 38.3 Å². The Kier molecular flexibility index (Phi) is 14.8. The molecule has 0 bridgehead atoms. The minimum Gasteiger partial charge on any atom is -0.379 e. The molecule has 0 heterocycles. The highest BCUT2D eigenvalue weighted by molar-refractivity contribution is 4.52. The molecule has 0 fully saturated rings. The topological polar surface area (TPSA) is 30.5 Å². The van der Waals surface area contributed by atoms with Gasteiger partial charge in [0, 0.05) is 13.2 Å². The number of rotatable bonds is 14. The SMILES string of the molecule is CCCOCCOCCCCCCNCC(C)C. The van der Waals surface area contributed by atoms with E-state index >= 15 is 0 Å². The number of unbranched alkanes of at least 4 members (excludes halogenated alkanes) is 3. The lowest BCUT2D eigenvalue weighted by Gasteiger charge is -2.07. The second-order valence-electron chi connectivity index (χ2n) is 5.24. The van der Waals surface area contributed by atoms with Crippen LogP contribution in [-0.2, 0) is 9.47 Å². The predicted molar refractivity (Wildman–Crippen MR) is 78.1 cm³/mol. The van der Waals surface area contributed by atoms with Crippen molar-refractivity contribution in [2.45, 2.75) is 52.9 Å². The van der Waals surface area contributed by atoms with E-state index in [0.717, 1.165) is 51.9 Å². The van der Waals surface area contributed by atoms with Crippen molar-refractivity contribution in [2.75, 3.05) is 39.5 Å². The fourth-order valence-electron chi connectivity index (χ4n) is 1.66. The van der Waals surface area contributed by atoms with E-state index in [4.69, 9.17) is 9.47 Å². The minimum absolute atomic E-state index is 0.743. The smallest absolute Gasteiger partial charge is 0.0700 e. The summed E-state index contributed by atoms with van der Waals surface area (Å²) in [5.74, 6) is 0.758. The van der Waals surface area contributed by atoms with Crippen LogP contribution in [0.2, 0.25) is 0 Å². The summed E-state index contributed by atoms with van der Waals surface area (Å²) in [6.45, 7) is 12.1. The van der Waals surface area contributed by atoms with Crippen LogP contribution < -0.4 is 5.32 Å². The molecule has 0 aliphatic carbocycles. The van der Waals surface area contributed by atoms with Crippen LogP contribution in [-0.4, -0.2) is 39.5 Å². The summed E-state index contributed by atoms with van der Waals surface area (Å²) < 4.78 is 10.8. The summed E-state index contributed by atoms with van der Waals surface area (Å²) in [4.78, 5) is 0. The van der Waals surface area contributed by atoms with Crippen LogP contribution in [0.15, 0.2) is 0 Å². The van der Waals surface area contributed by atoms with E-state index < -0.39 is 0 Å². The van der Waals surface area contributed by atoms with Crippen LogP contribution in [0.4, 0.5) is 0 Å². The van der Waals surface area contributed by atoms with E-state index in [1.165, 1.54) is 25.7 Å². The Balaban J connectivity index is 2.90. The normalized spacial score (nSPS) is 11.3. The second kappa shape index (κ2) is 14.9. The molecule has 0 saturated heterocycles. The molecule has 0 radical (unpaired) electrons. The van der Waals surface area contributed by atoms with Gasteiger partial charge in [-0.3, -0.25) is 0 Å². The molecule has 0 aliphatic heterocycles. The lowest BCUT2D eigenvalue weighted by Crippen LogP contribution is -2.20. The first-order valence-electron chi connectivity index (χ1n) is 7.63. The first kappa shape index (κ1) is 17.9. The molecule has 0 aromatic carbocycles. The van der Waals surface area contributed by atoms with Gasteiger partial charge in [-0.1, -0.05) is 33.6 Å². The van der Waals surface area contributed by atoms with Gasteiger partial charge in [0.15, 0.2) is 0 Å². The zero-order valence-electron chi connectivity index (χ0n) is 12.7. The van der Waals surface area contributed by atoms with E-state index in [1.807, 2.05) is 0 Å². The average Bonchev–Trinajstić information content (AvgIpc) is 2.34. The molecular weight excluding hydrogens is 226 g/mol. The molecule has 0 aromatic rings. The van der Waals surface area contributed by atoms with Gasteiger partial charge in [0.25, 0.3) is 0 Å². The molecule has 0 atom stereocenters. The van der Waals surface area contributed by atoms with Crippen molar-refractivity contribution in [3.63, 3.8) is 0 Å². The van der Waals surface area contributed by atoms with Crippen LogP contribution in [0.5, 0.6) is 0 Å². The Morgan fingerprint density at radius 1 is 0.833 bits per heavy atom. The fraction of sp³-hybridized carbons (Fsp3) is 1.00. The Hall–Kier alpha value is -0.120. The summed E-state index contributed by atoms with van der Waals surface area (Å²) in [6.07, 6.45) is 6.13. The zero-order valence-corrected chi connectivity index (χ0v) is 12.7. The van der Waals surface area contributed by atoms with Gasteiger partial charge in [-0.2, -0.15) is 0 Å². The molecular formula is C15H33NO2. The second-order valence-corrected chi connectivity index (χ2v) is 5.24. The molecule has 3 heteroatoms. The van der Waals surface area contributed by atoms with E-state index in [1.54, 1.807) is 0 Å². The summed E-state index contributed by atoms with van der Waals surface area (Å²) in [6, 6.07) is 0. The monoisotopic (exact) mass is 259 g/mol. The van der Waals surface area contributed by atoms with Gasteiger partial charge < -0.3 is 14.8 Å². The third-order valence-corrected chi connectivity index (χ3v) is 2.67. The maximum Gasteiger partial charge on any atom is 0.0700 e. The van der Waals surface area contributed by atoms with E-state index in [2.05, 4.69) is 26.1 Å². The van der Waals surface area contributed by atoms with Crippen molar-refractivity contribution >= 4 is 0 Å². The first-order chi connectivity index (χ1) is 8.77. The molecule has 0 amide bonds. The van der Waals surface area contributed by atoms with Gasteiger partial charge in [0.1, 0.15) is 0 Å². The highest BCUT2D eigenvalue weighted by Crippen LogP contribution is 1.99. The van der Waals surface area contributed by atoms with Gasteiger partial charge in [-0.25, -0.2) is 0 Å². The molecule has 18 heavy (non-hydrogen) atoms. The Morgan fingerprint density at radius 3 is 2.17 bits per heavy atom. The van der Waals surface area contributed by atoms with Gasteiger partial charge in [0.2, 0.25) is 0 Å². The standard InChI is InChI=1S/C15H33NO2/c1-4-10-17-12-13-18-11-8-6-5-7-9-16-14-15(2)3/h15-16H,4-14H2,1-3H3. The molecule has 0 saturated carbocycles. The number of nitrogens with one attached hydrogen (secondary N) is 1. The van der Waals surface area contributed by atoms with Crippen LogP contribution in [0.25, 0.3) is 0 Å².